The van der Waals surface area contributed by atoms with E-state index in [1.165, 1.54) is 113 Å². The molecule has 0 spiro atoms. The normalized spacial score (nSPS) is 30.9. The summed E-state index contributed by atoms with van der Waals surface area (Å²) < 4.78 is 0. The fourth-order valence-corrected chi connectivity index (χ4v) is 8.30. The Bertz CT molecular complexity index is 773. The van der Waals surface area contributed by atoms with Crippen molar-refractivity contribution in [2.24, 2.45) is 23.7 Å². The highest BCUT2D eigenvalue weighted by Gasteiger charge is 2.31. The molecule has 0 nitrogen and oxygen atoms in total. The maximum absolute atomic E-state index is 7.03. The van der Waals surface area contributed by atoms with Crippen molar-refractivity contribution in [2.75, 3.05) is 0 Å². The molecule has 0 heterocycles. The predicted molar refractivity (Wildman–Crippen MR) is 154 cm³/mol. The van der Waals surface area contributed by atoms with Crippen molar-refractivity contribution in [1.82, 2.24) is 0 Å². The Morgan fingerprint density at radius 2 is 1.31 bits per heavy atom. The van der Waals surface area contributed by atoms with Gasteiger partial charge in [-0.1, -0.05) is 114 Å². The van der Waals surface area contributed by atoms with Crippen molar-refractivity contribution in [1.29, 1.82) is 0 Å². The van der Waals surface area contributed by atoms with E-state index in [-0.39, 0.29) is 0 Å². The average Bonchev–Trinajstić information content (AvgIpc) is 2.90. The van der Waals surface area contributed by atoms with Gasteiger partial charge in [-0.25, -0.2) is 0 Å². The third-order valence-corrected chi connectivity index (χ3v) is 10.7. The topological polar surface area (TPSA) is 0 Å². The van der Waals surface area contributed by atoms with Gasteiger partial charge in [0.15, 0.2) is 0 Å². The molecular weight excluding hydrogens is 444 g/mol. The smallest absolute Gasteiger partial charge is 0.0181 e. The van der Waals surface area contributed by atoms with Crippen LogP contribution < -0.4 is 0 Å². The Morgan fingerprint density at radius 3 is 1.91 bits per heavy atom. The van der Waals surface area contributed by atoms with Gasteiger partial charge >= 0.3 is 0 Å². The molecule has 2 unspecified atom stereocenters. The minimum atomic E-state index is 0.613. The highest BCUT2D eigenvalue weighted by molar-refractivity contribution is 6.30. The van der Waals surface area contributed by atoms with Gasteiger partial charge in [0.2, 0.25) is 0 Å². The Hall–Kier alpha value is -0.750. The molecule has 0 aliphatic heterocycles. The van der Waals surface area contributed by atoms with Crippen LogP contribution in [0.1, 0.15) is 153 Å². The Kier molecular flexibility index (Phi) is 10.7. The summed E-state index contributed by atoms with van der Waals surface area (Å²) in [4.78, 5) is 0. The van der Waals surface area contributed by atoms with Gasteiger partial charge in [-0.05, 0) is 104 Å². The van der Waals surface area contributed by atoms with Crippen molar-refractivity contribution in [3.05, 3.63) is 46.0 Å². The molecule has 0 aromatic heterocycles. The first-order chi connectivity index (χ1) is 17.1. The van der Waals surface area contributed by atoms with E-state index in [9.17, 15) is 0 Å². The lowest BCUT2D eigenvalue weighted by Crippen LogP contribution is -2.23. The first kappa shape index (κ1) is 27.3. The van der Waals surface area contributed by atoms with E-state index >= 15 is 0 Å². The van der Waals surface area contributed by atoms with E-state index in [0.29, 0.717) is 11.8 Å². The van der Waals surface area contributed by atoms with Crippen LogP contribution in [0.2, 0.25) is 0 Å². The van der Waals surface area contributed by atoms with Crippen LogP contribution in [0.4, 0.5) is 0 Å². The summed E-state index contributed by atoms with van der Waals surface area (Å²) in [5, 5.41) is 1.21. The lowest BCUT2D eigenvalue weighted by molar-refractivity contribution is 0.217. The predicted octanol–water partition coefficient (Wildman–Crippen LogP) is 11.5. The summed E-state index contributed by atoms with van der Waals surface area (Å²) >= 11 is 7.03. The van der Waals surface area contributed by atoms with E-state index in [4.69, 9.17) is 11.6 Å². The van der Waals surface area contributed by atoms with Gasteiger partial charge in [0, 0.05) is 5.03 Å². The van der Waals surface area contributed by atoms with Crippen LogP contribution >= 0.6 is 11.6 Å². The van der Waals surface area contributed by atoms with Gasteiger partial charge in [0.1, 0.15) is 0 Å². The summed E-state index contributed by atoms with van der Waals surface area (Å²) in [5.74, 6) is 4.95. The van der Waals surface area contributed by atoms with Crippen LogP contribution in [-0.2, 0) is 0 Å². The standard InChI is InChI=1S/C34H53Cl/c1-4-6-7-9-27-10-14-28(15-11-27)25(3)33-23-22-32(24-34(33)35)31-20-18-30(19-21-31)29-16-12-26(8-5-2)13-17-29/h18-21,25-29,32H,4-17,22-24H2,1-3H3/t25?,26-,27-,28-,29-,32?. The van der Waals surface area contributed by atoms with Crippen LogP contribution in [0, 0.1) is 23.7 Å². The first-order valence-corrected chi connectivity index (χ1v) is 15.9. The summed E-state index contributed by atoms with van der Waals surface area (Å²) in [7, 11) is 0. The van der Waals surface area contributed by atoms with E-state index in [1.54, 1.807) is 11.1 Å². The molecule has 2 fully saturated rings. The molecule has 0 amide bonds. The fraction of sp³-hybridized carbons (Fsp3) is 0.765. The highest BCUT2D eigenvalue weighted by atomic mass is 35.5. The van der Waals surface area contributed by atoms with Crippen LogP contribution in [0.5, 0.6) is 0 Å². The summed E-state index contributed by atoms with van der Waals surface area (Å²) in [6, 6.07) is 9.79. The lowest BCUT2D eigenvalue weighted by atomic mass is 9.70. The summed E-state index contributed by atoms with van der Waals surface area (Å²) in [6.45, 7) is 7.14. The van der Waals surface area contributed by atoms with Gasteiger partial charge in [-0.3, -0.25) is 0 Å². The second kappa shape index (κ2) is 13.7. The molecule has 1 heteroatoms. The summed E-state index contributed by atoms with van der Waals surface area (Å²) in [6.07, 6.45) is 23.5. The van der Waals surface area contributed by atoms with Crippen molar-refractivity contribution in [3.63, 3.8) is 0 Å². The van der Waals surface area contributed by atoms with E-state index in [2.05, 4.69) is 45.0 Å². The number of benzene rings is 1. The highest BCUT2D eigenvalue weighted by Crippen LogP contribution is 2.46. The van der Waals surface area contributed by atoms with Gasteiger partial charge in [0.25, 0.3) is 0 Å². The Morgan fingerprint density at radius 1 is 0.714 bits per heavy atom. The third-order valence-electron chi connectivity index (χ3n) is 10.3. The molecular formula is C34H53Cl. The zero-order chi connectivity index (χ0) is 24.6. The van der Waals surface area contributed by atoms with E-state index in [0.717, 1.165) is 30.1 Å². The zero-order valence-corrected chi connectivity index (χ0v) is 23.9. The number of halogens is 1. The van der Waals surface area contributed by atoms with Crippen molar-refractivity contribution < 1.29 is 0 Å². The second-order valence-corrected chi connectivity index (χ2v) is 13.1. The van der Waals surface area contributed by atoms with Crippen LogP contribution in [0.15, 0.2) is 34.9 Å². The van der Waals surface area contributed by atoms with Gasteiger partial charge in [0.05, 0.1) is 0 Å². The quantitative estimate of drug-likeness (QED) is 0.282. The minimum absolute atomic E-state index is 0.613. The minimum Gasteiger partial charge on any atom is -0.0892 e. The average molecular weight is 497 g/mol. The molecule has 4 rings (SSSR count). The lowest BCUT2D eigenvalue weighted by Gasteiger charge is -2.36. The number of allylic oxidation sites excluding steroid dienone is 2. The van der Waals surface area contributed by atoms with Crippen molar-refractivity contribution >= 4 is 11.6 Å². The number of hydrogen-bond acceptors (Lipinski definition) is 0. The number of hydrogen-bond donors (Lipinski definition) is 0. The molecule has 35 heavy (non-hydrogen) atoms. The van der Waals surface area contributed by atoms with Gasteiger partial charge < -0.3 is 0 Å². The molecule has 0 radical (unpaired) electrons. The van der Waals surface area contributed by atoms with Gasteiger partial charge in [-0.15, -0.1) is 0 Å². The SMILES string of the molecule is CCCCC[C@H]1CC[C@H](C(C)C2=C(Cl)CC(c3ccc([C@H]4CC[C@H](CCC)CC4)cc3)CC2)CC1. The van der Waals surface area contributed by atoms with Crippen molar-refractivity contribution in [2.45, 2.75) is 142 Å². The molecule has 3 aliphatic rings. The van der Waals surface area contributed by atoms with Gasteiger partial charge in [-0.2, -0.15) is 0 Å². The number of unbranched alkanes of at least 4 members (excludes halogenated alkanes) is 2. The zero-order valence-electron chi connectivity index (χ0n) is 23.2. The van der Waals surface area contributed by atoms with Crippen molar-refractivity contribution in [3.8, 4) is 0 Å². The van der Waals surface area contributed by atoms with Crippen LogP contribution in [0.25, 0.3) is 0 Å². The molecule has 196 valence electrons. The number of rotatable bonds is 10. The maximum Gasteiger partial charge on any atom is 0.0181 e. The van der Waals surface area contributed by atoms with E-state index < -0.39 is 0 Å². The first-order valence-electron chi connectivity index (χ1n) is 15.6. The van der Waals surface area contributed by atoms with E-state index in [1.807, 2.05) is 0 Å². The Balaban J connectivity index is 1.27. The molecule has 0 saturated heterocycles. The molecule has 3 aliphatic carbocycles. The molecule has 1 aromatic carbocycles. The fourth-order valence-electron chi connectivity index (χ4n) is 7.85. The Labute approximate surface area is 222 Å². The monoisotopic (exact) mass is 496 g/mol. The molecule has 0 N–H and O–H groups in total. The molecule has 1 aromatic rings. The maximum atomic E-state index is 7.03. The molecule has 0 bridgehead atoms. The summed E-state index contributed by atoms with van der Waals surface area (Å²) in [5.41, 5.74) is 4.71. The second-order valence-electron chi connectivity index (χ2n) is 12.6. The largest absolute Gasteiger partial charge is 0.0892 e. The molecule has 2 saturated carbocycles. The third kappa shape index (κ3) is 7.40. The molecule has 2 atom stereocenters. The van der Waals surface area contributed by atoms with Crippen LogP contribution in [0.3, 0.4) is 0 Å². The van der Waals surface area contributed by atoms with Crippen LogP contribution in [-0.4, -0.2) is 0 Å².